The number of hydrogen-bond donors (Lipinski definition) is 2. The van der Waals surface area contributed by atoms with Crippen molar-refractivity contribution in [1.29, 1.82) is 0 Å². The van der Waals surface area contributed by atoms with Gasteiger partial charge in [0, 0.05) is 17.0 Å². The van der Waals surface area contributed by atoms with Crippen molar-refractivity contribution < 1.29 is 4.79 Å². The van der Waals surface area contributed by atoms with Crippen molar-refractivity contribution in [3.63, 3.8) is 0 Å². The van der Waals surface area contributed by atoms with Crippen LogP contribution in [0.4, 0.5) is 5.69 Å². The molecule has 1 heterocycles. The monoisotopic (exact) mass is 456 g/mol. The van der Waals surface area contributed by atoms with E-state index in [9.17, 15) is 4.79 Å². The van der Waals surface area contributed by atoms with Gasteiger partial charge in [0.2, 0.25) is 0 Å². The summed E-state index contributed by atoms with van der Waals surface area (Å²) in [6.07, 6.45) is 4.55. The summed E-state index contributed by atoms with van der Waals surface area (Å²) in [5, 5.41) is 8.74. The Labute approximate surface area is 198 Å². The van der Waals surface area contributed by atoms with Crippen LogP contribution in [0.5, 0.6) is 0 Å². The maximum atomic E-state index is 13.0. The molecule has 0 bridgehead atoms. The lowest BCUT2D eigenvalue weighted by Gasteiger charge is -2.09. The Kier molecular flexibility index (Phi) is 7.67. The third kappa shape index (κ3) is 6.40. The number of carbonyl (C=O) groups excluding carboxylic acids is 1. The quantitative estimate of drug-likeness (QED) is 0.182. The largest absolute Gasteiger partial charge is 0.352 e. The van der Waals surface area contributed by atoms with Gasteiger partial charge in [-0.15, -0.1) is 0 Å². The molecule has 33 heavy (non-hydrogen) atoms. The van der Waals surface area contributed by atoms with Crippen LogP contribution in [0.2, 0.25) is 5.02 Å². The molecule has 1 amide bonds. The van der Waals surface area contributed by atoms with E-state index < -0.39 is 0 Å². The number of nitrogens with zero attached hydrogens (tertiary/aromatic N) is 2. The van der Waals surface area contributed by atoms with Gasteiger partial charge in [-0.25, -0.2) is 4.98 Å². The lowest BCUT2D eigenvalue weighted by atomic mass is 10.1. The molecule has 4 rings (SSSR count). The second kappa shape index (κ2) is 11.2. The molecule has 0 unspecified atom stereocenters. The average Bonchev–Trinajstić information content (AvgIpc) is 2.84. The van der Waals surface area contributed by atoms with Crippen molar-refractivity contribution in [3.05, 3.63) is 107 Å². The van der Waals surface area contributed by atoms with E-state index in [-0.39, 0.29) is 5.91 Å². The molecule has 3 aromatic carbocycles. The van der Waals surface area contributed by atoms with Crippen LogP contribution in [0.25, 0.3) is 10.9 Å². The van der Waals surface area contributed by atoms with Crippen molar-refractivity contribution in [1.82, 2.24) is 10.3 Å². The Morgan fingerprint density at radius 1 is 0.939 bits per heavy atom. The Balaban J connectivity index is 1.41. The van der Waals surface area contributed by atoms with Gasteiger partial charge in [-0.1, -0.05) is 66.2 Å². The van der Waals surface area contributed by atoms with Gasteiger partial charge in [0.05, 0.1) is 28.7 Å². The van der Waals surface area contributed by atoms with Gasteiger partial charge in [-0.3, -0.25) is 10.2 Å². The van der Waals surface area contributed by atoms with Crippen LogP contribution in [0.1, 0.15) is 34.5 Å². The molecular formula is C27H25ClN4O. The van der Waals surface area contributed by atoms with Gasteiger partial charge in [0.15, 0.2) is 0 Å². The molecule has 4 aromatic rings. The topological polar surface area (TPSA) is 66.4 Å². The molecule has 0 aliphatic rings. The lowest BCUT2D eigenvalue weighted by Crippen LogP contribution is -2.25. The number of hydrogen-bond acceptors (Lipinski definition) is 4. The molecule has 0 spiro atoms. The molecule has 6 heteroatoms. The second-order valence-electron chi connectivity index (χ2n) is 7.69. The first-order valence-corrected chi connectivity index (χ1v) is 11.3. The number of unbranched alkanes of at least 4 members (excludes halogenated alkanes) is 1. The van der Waals surface area contributed by atoms with Crippen molar-refractivity contribution in [2.75, 3.05) is 12.0 Å². The number of nitrogens with one attached hydrogen (secondary N) is 2. The zero-order valence-electron chi connectivity index (χ0n) is 18.2. The van der Waals surface area contributed by atoms with E-state index in [4.69, 9.17) is 11.6 Å². The van der Waals surface area contributed by atoms with Crippen LogP contribution in [0.3, 0.4) is 0 Å². The zero-order chi connectivity index (χ0) is 22.9. The molecule has 0 saturated heterocycles. The second-order valence-corrected chi connectivity index (χ2v) is 8.13. The number of rotatable bonds is 9. The summed E-state index contributed by atoms with van der Waals surface area (Å²) in [6, 6.07) is 27.1. The summed E-state index contributed by atoms with van der Waals surface area (Å²) in [5.74, 6) is -0.106. The van der Waals surface area contributed by atoms with Gasteiger partial charge in [0.1, 0.15) is 0 Å². The number of carbonyl (C=O) groups is 1. The van der Waals surface area contributed by atoms with E-state index in [2.05, 4.69) is 45.1 Å². The summed E-state index contributed by atoms with van der Waals surface area (Å²) < 4.78 is 0. The molecule has 166 valence electrons. The first kappa shape index (κ1) is 22.5. The molecule has 0 aliphatic carbocycles. The highest BCUT2D eigenvalue weighted by Gasteiger charge is 2.12. The minimum Gasteiger partial charge on any atom is -0.352 e. The standard InChI is InChI=1S/C27H25ClN4O/c28-21-12-8-13-22(17-21)32-30-19-23-18-25(24-14-4-5-15-26(24)31-23)27(33)29-16-7-6-11-20-9-2-1-3-10-20/h1-5,8-10,12-15,17-19,32H,6-7,11,16H2,(H,29,33)/b30-19+. The number of aryl methyl sites for hydroxylation is 1. The number of hydrazone groups is 1. The molecule has 5 nitrogen and oxygen atoms in total. The molecule has 0 aliphatic heterocycles. The minimum absolute atomic E-state index is 0.106. The van der Waals surface area contributed by atoms with Crippen molar-refractivity contribution in [2.45, 2.75) is 19.3 Å². The van der Waals surface area contributed by atoms with Gasteiger partial charge in [0.25, 0.3) is 5.91 Å². The number of amides is 1. The molecular weight excluding hydrogens is 432 g/mol. The SMILES string of the molecule is O=C(NCCCCc1ccccc1)c1cc(/C=N/Nc2cccc(Cl)c2)nc2ccccc12. The number of benzene rings is 3. The van der Waals surface area contributed by atoms with Gasteiger partial charge in [-0.05, 0) is 55.2 Å². The van der Waals surface area contributed by atoms with E-state index in [0.717, 1.165) is 35.9 Å². The molecule has 1 aromatic heterocycles. The Bertz CT molecular complexity index is 1260. The molecule has 0 atom stereocenters. The first-order valence-electron chi connectivity index (χ1n) is 11.0. The summed E-state index contributed by atoms with van der Waals surface area (Å²) in [6.45, 7) is 0.627. The Hall–Kier alpha value is -3.70. The van der Waals surface area contributed by atoms with E-state index in [0.29, 0.717) is 22.8 Å². The highest BCUT2D eigenvalue weighted by molar-refractivity contribution is 6.30. The van der Waals surface area contributed by atoms with Crippen LogP contribution < -0.4 is 10.7 Å². The van der Waals surface area contributed by atoms with Crippen molar-refractivity contribution in [3.8, 4) is 0 Å². The van der Waals surface area contributed by atoms with Gasteiger partial charge >= 0.3 is 0 Å². The zero-order valence-corrected chi connectivity index (χ0v) is 18.9. The summed E-state index contributed by atoms with van der Waals surface area (Å²) >= 11 is 6.01. The van der Waals surface area contributed by atoms with Crippen LogP contribution >= 0.6 is 11.6 Å². The number of fused-ring (bicyclic) bond motifs is 1. The fourth-order valence-corrected chi connectivity index (χ4v) is 3.77. The van der Waals surface area contributed by atoms with E-state index in [1.165, 1.54) is 5.56 Å². The predicted octanol–water partition coefficient (Wildman–Crippen LogP) is 6.09. The molecule has 0 fully saturated rings. The highest BCUT2D eigenvalue weighted by atomic mass is 35.5. The highest BCUT2D eigenvalue weighted by Crippen LogP contribution is 2.18. The van der Waals surface area contributed by atoms with Gasteiger partial charge in [-0.2, -0.15) is 5.10 Å². The Morgan fingerprint density at radius 2 is 1.76 bits per heavy atom. The summed E-state index contributed by atoms with van der Waals surface area (Å²) in [4.78, 5) is 17.6. The van der Waals surface area contributed by atoms with E-state index in [1.807, 2.05) is 42.5 Å². The van der Waals surface area contributed by atoms with Crippen LogP contribution in [-0.2, 0) is 6.42 Å². The minimum atomic E-state index is -0.106. The number of halogens is 1. The predicted molar refractivity (Wildman–Crippen MR) is 136 cm³/mol. The normalized spacial score (nSPS) is 11.1. The van der Waals surface area contributed by atoms with Crippen LogP contribution in [0.15, 0.2) is 90.0 Å². The number of pyridine rings is 1. The third-order valence-electron chi connectivity index (χ3n) is 5.22. The van der Waals surface area contributed by atoms with Crippen molar-refractivity contribution in [2.24, 2.45) is 5.10 Å². The molecule has 2 N–H and O–H groups in total. The van der Waals surface area contributed by atoms with Gasteiger partial charge < -0.3 is 5.32 Å². The fourth-order valence-electron chi connectivity index (χ4n) is 3.58. The third-order valence-corrected chi connectivity index (χ3v) is 5.45. The van der Waals surface area contributed by atoms with Crippen LogP contribution in [-0.4, -0.2) is 23.7 Å². The average molecular weight is 457 g/mol. The number of aromatic nitrogens is 1. The van der Waals surface area contributed by atoms with E-state index in [1.54, 1.807) is 24.4 Å². The number of para-hydroxylation sites is 1. The smallest absolute Gasteiger partial charge is 0.252 e. The molecule has 0 saturated carbocycles. The molecule has 0 radical (unpaired) electrons. The van der Waals surface area contributed by atoms with Crippen molar-refractivity contribution >= 4 is 40.3 Å². The summed E-state index contributed by atoms with van der Waals surface area (Å²) in [5.41, 5.74) is 6.96. The fraction of sp³-hybridized carbons (Fsp3) is 0.148. The summed E-state index contributed by atoms with van der Waals surface area (Å²) in [7, 11) is 0. The van der Waals surface area contributed by atoms with E-state index >= 15 is 0 Å². The maximum absolute atomic E-state index is 13.0. The van der Waals surface area contributed by atoms with Crippen LogP contribution in [0, 0.1) is 0 Å². The lowest BCUT2D eigenvalue weighted by molar-refractivity contribution is 0.0954. The number of anilines is 1. The first-order chi connectivity index (χ1) is 16.2. The maximum Gasteiger partial charge on any atom is 0.252 e. The Morgan fingerprint density at radius 3 is 2.61 bits per heavy atom.